The van der Waals surface area contributed by atoms with Crippen LogP contribution in [0.15, 0.2) is 41.9 Å². The van der Waals surface area contributed by atoms with E-state index in [2.05, 4.69) is 5.73 Å². The van der Waals surface area contributed by atoms with Crippen molar-refractivity contribution in [3.05, 3.63) is 41.9 Å². The Morgan fingerprint density at radius 1 is 1.38 bits per heavy atom. The lowest BCUT2D eigenvalue weighted by atomic mass is 10.4. The quantitative estimate of drug-likeness (QED) is 0.417. The number of hydrogen-bond donors (Lipinski definition) is 0. The molecule has 0 spiro atoms. The molecular formula is C7H5F. The molecule has 0 aromatic carbocycles. The van der Waals surface area contributed by atoms with Crippen LogP contribution in [0.3, 0.4) is 0 Å². The van der Waals surface area contributed by atoms with Crippen LogP contribution in [0.4, 0.5) is 4.39 Å². The van der Waals surface area contributed by atoms with Crippen molar-refractivity contribution in [3.8, 4) is 0 Å². The molecule has 0 nitrogen and oxygen atoms in total. The molecule has 0 bridgehead atoms. The standard InChI is InChI=1S/C7H5F/c8-7-5-3-1-2-4-6-7/h1-3,5-6H. The monoisotopic (exact) mass is 108 g/mol. The molecule has 0 aliphatic heterocycles. The second kappa shape index (κ2) is 2.29. The molecule has 0 amide bonds. The van der Waals surface area contributed by atoms with Crippen LogP contribution in [0.5, 0.6) is 0 Å². The van der Waals surface area contributed by atoms with Crippen molar-refractivity contribution in [2.75, 3.05) is 0 Å². The Hall–Kier alpha value is -1.07. The van der Waals surface area contributed by atoms with Gasteiger partial charge in [0, 0.05) is 6.08 Å². The number of rotatable bonds is 0. The fraction of sp³-hybridized carbons (Fsp3) is 0. The van der Waals surface area contributed by atoms with Crippen molar-refractivity contribution in [3.63, 3.8) is 0 Å². The van der Waals surface area contributed by atoms with E-state index in [4.69, 9.17) is 0 Å². The van der Waals surface area contributed by atoms with Crippen LogP contribution in [-0.2, 0) is 0 Å². The Morgan fingerprint density at radius 3 is 3.12 bits per heavy atom. The van der Waals surface area contributed by atoms with Crippen molar-refractivity contribution < 1.29 is 4.39 Å². The molecular weight excluding hydrogens is 103 g/mol. The zero-order valence-corrected chi connectivity index (χ0v) is 4.26. The summed E-state index contributed by atoms with van der Waals surface area (Å²) in [6.45, 7) is 0. The molecule has 40 valence electrons. The second-order valence-corrected chi connectivity index (χ2v) is 1.41. The molecule has 0 saturated carbocycles. The van der Waals surface area contributed by atoms with Gasteiger partial charge in [0.15, 0.2) is 0 Å². The first-order valence-electron chi connectivity index (χ1n) is 2.34. The minimum atomic E-state index is -0.255. The molecule has 0 saturated heterocycles. The van der Waals surface area contributed by atoms with E-state index in [9.17, 15) is 4.39 Å². The Balaban J connectivity index is 2.94. The van der Waals surface area contributed by atoms with Crippen LogP contribution in [0, 0.1) is 0 Å². The van der Waals surface area contributed by atoms with Gasteiger partial charge in [0.05, 0.1) is 0 Å². The van der Waals surface area contributed by atoms with Crippen LogP contribution >= 0.6 is 0 Å². The molecule has 0 fully saturated rings. The van der Waals surface area contributed by atoms with Gasteiger partial charge in [-0.25, -0.2) is 4.39 Å². The molecule has 0 heterocycles. The van der Waals surface area contributed by atoms with Gasteiger partial charge in [-0.1, -0.05) is 12.2 Å². The van der Waals surface area contributed by atoms with Crippen LogP contribution in [0.25, 0.3) is 0 Å². The fourth-order valence-corrected chi connectivity index (χ4v) is 0.434. The van der Waals surface area contributed by atoms with Gasteiger partial charge in [0.25, 0.3) is 0 Å². The van der Waals surface area contributed by atoms with Crippen LogP contribution in [-0.4, -0.2) is 0 Å². The smallest absolute Gasteiger partial charge is 0.130 e. The van der Waals surface area contributed by atoms with Crippen molar-refractivity contribution in [2.24, 2.45) is 0 Å². The first kappa shape index (κ1) is 5.07. The minimum absolute atomic E-state index is 0.255. The van der Waals surface area contributed by atoms with Crippen molar-refractivity contribution in [1.82, 2.24) is 0 Å². The van der Waals surface area contributed by atoms with Crippen LogP contribution < -0.4 is 0 Å². The van der Waals surface area contributed by atoms with Crippen LogP contribution in [0.2, 0.25) is 0 Å². The third-order valence-electron chi connectivity index (χ3n) is 0.780. The Kier molecular flexibility index (Phi) is 1.45. The summed E-state index contributed by atoms with van der Waals surface area (Å²) in [5, 5.41) is 0. The van der Waals surface area contributed by atoms with E-state index in [1.54, 1.807) is 18.2 Å². The van der Waals surface area contributed by atoms with Gasteiger partial charge in [-0.15, -0.1) is 5.73 Å². The zero-order chi connectivity index (χ0) is 5.82. The highest BCUT2D eigenvalue weighted by atomic mass is 19.1. The lowest BCUT2D eigenvalue weighted by Crippen LogP contribution is -1.55. The van der Waals surface area contributed by atoms with Gasteiger partial charge >= 0.3 is 0 Å². The fourth-order valence-electron chi connectivity index (χ4n) is 0.434. The van der Waals surface area contributed by atoms with Crippen LogP contribution in [0.1, 0.15) is 0 Å². The predicted molar refractivity (Wildman–Crippen MR) is 31.0 cm³/mol. The molecule has 0 unspecified atom stereocenters. The maximum Gasteiger partial charge on any atom is 0.130 e. The zero-order valence-electron chi connectivity index (χ0n) is 4.26. The van der Waals surface area contributed by atoms with Gasteiger partial charge < -0.3 is 0 Å². The van der Waals surface area contributed by atoms with Crippen molar-refractivity contribution >= 4 is 0 Å². The number of allylic oxidation sites excluding steroid dienone is 5. The molecule has 0 N–H and O–H groups in total. The van der Waals surface area contributed by atoms with E-state index in [0.29, 0.717) is 0 Å². The van der Waals surface area contributed by atoms with Gasteiger partial charge in [-0.05, 0) is 12.2 Å². The first-order chi connectivity index (χ1) is 3.89. The largest absolute Gasteiger partial charge is 0.206 e. The van der Waals surface area contributed by atoms with Gasteiger partial charge in [-0.3, -0.25) is 0 Å². The number of hydrogen-bond acceptors (Lipinski definition) is 0. The Bertz CT molecular complexity index is 190. The first-order valence-corrected chi connectivity index (χ1v) is 2.34. The van der Waals surface area contributed by atoms with Crippen molar-refractivity contribution in [1.29, 1.82) is 0 Å². The average Bonchev–Trinajstić information content (AvgIpc) is 1.94. The lowest BCUT2D eigenvalue weighted by Gasteiger charge is -1.73. The van der Waals surface area contributed by atoms with E-state index in [1.807, 2.05) is 0 Å². The predicted octanol–water partition coefficient (Wildman–Crippen LogP) is 2.12. The van der Waals surface area contributed by atoms with E-state index in [1.165, 1.54) is 12.2 Å². The summed E-state index contributed by atoms with van der Waals surface area (Å²) < 4.78 is 12.1. The third kappa shape index (κ3) is 1.21. The third-order valence-corrected chi connectivity index (χ3v) is 0.780. The van der Waals surface area contributed by atoms with Gasteiger partial charge in [0.2, 0.25) is 0 Å². The summed E-state index contributed by atoms with van der Waals surface area (Å²) in [6.07, 6.45) is 7.69. The normalized spacial score (nSPS) is 15.9. The molecule has 0 radical (unpaired) electrons. The summed E-state index contributed by atoms with van der Waals surface area (Å²) >= 11 is 0. The van der Waals surface area contributed by atoms with E-state index >= 15 is 0 Å². The highest BCUT2D eigenvalue weighted by molar-refractivity contribution is 5.23. The maximum atomic E-state index is 12.1. The summed E-state index contributed by atoms with van der Waals surface area (Å²) in [5.41, 5.74) is 2.62. The SMILES string of the molecule is FC1=CC=CC=C=C1. The maximum absolute atomic E-state index is 12.1. The molecule has 1 aliphatic rings. The van der Waals surface area contributed by atoms with Gasteiger partial charge in [0.1, 0.15) is 5.83 Å². The topological polar surface area (TPSA) is 0 Å². The Labute approximate surface area is 47.3 Å². The number of halogens is 1. The van der Waals surface area contributed by atoms with E-state index in [0.717, 1.165) is 0 Å². The van der Waals surface area contributed by atoms with Gasteiger partial charge in [-0.2, -0.15) is 0 Å². The molecule has 0 aromatic heterocycles. The Morgan fingerprint density at radius 2 is 2.25 bits per heavy atom. The lowest BCUT2D eigenvalue weighted by molar-refractivity contribution is 0.668. The van der Waals surface area contributed by atoms with E-state index in [-0.39, 0.29) is 5.83 Å². The molecule has 1 aliphatic carbocycles. The summed E-state index contributed by atoms with van der Waals surface area (Å²) in [4.78, 5) is 0. The molecule has 0 atom stereocenters. The highest BCUT2D eigenvalue weighted by Crippen LogP contribution is 1.99. The molecule has 1 heteroatoms. The average molecular weight is 108 g/mol. The minimum Gasteiger partial charge on any atom is -0.206 e. The highest BCUT2D eigenvalue weighted by Gasteiger charge is 1.81. The summed E-state index contributed by atoms with van der Waals surface area (Å²) in [7, 11) is 0. The van der Waals surface area contributed by atoms with E-state index < -0.39 is 0 Å². The summed E-state index contributed by atoms with van der Waals surface area (Å²) in [6, 6.07) is 0. The second-order valence-electron chi connectivity index (χ2n) is 1.41. The van der Waals surface area contributed by atoms with Crippen molar-refractivity contribution in [2.45, 2.75) is 0 Å². The molecule has 1 rings (SSSR count). The summed E-state index contributed by atoms with van der Waals surface area (Å²) in [5.74, 6) is -0.255. The molecule has 8 heavy (non-hydrogen) atoms. The molecule has 0 aromatic rings.